The molecule has 3 rings (SSSR count). The number of benzene rings is 3. The van der Waals surface area contributed by atoms with Crippen molar-refractivity contribution in [2.45, 2.75) is 65.2 Å². The molecule has 0 saturated carbocycles. The van der Waals surface area contributed by atoms with Gasteiger partial charge in [0.1, 0.15) is 17.5 Å². The number of aryl methyl sites for hydroxylation is 4. The summed E-state index contributed by atoms with van der Waals surface area (Å²) in [5, 5.41) is 0. The maximum absolute atomic E-state index is 14.7. The number of ether oxygens (including phenoxy) is 1. The zero-order chi connectivity index (χ0) is 25.4. The van der Waals surface area contributed by atoms with Crippen molar-refractivity contribution in [2.24, 2.45) is 0 Å². The molecular formula is C29H31F5O. The molecule has 0 saturated heterocycles. The fraction of sp³-hybridized carbons (Fsp3) is 0.379. The summed E-state index contributed by atoms with van der Waals surface area (Å²) in [6.07, 6.45) is 3.84. The molecule has 1 nitrogen and oxygen atoms in total. The predicted molar refractivity (Wildman–Crippen MR) is 128 cm³/mol. The van der Waals surface area contributed by atoms with E-state index in [1.54, 1.807) is 6.07 Å². The smallest absolute Gasteiger partial charge is 0.190 e. The van der Waals surface area contributed by atoms with Gasteiger partial charge < -0.3 is 4.74 Å². The Morgan fingerprint density at radius 1 is 0.571 bits per heavy atom. The monoisotopic (exact) mass is 490 g/mol. The lowest BCUT2D eigenvalue weighted by Gasteiger charge is -2.11. The highest BCUT2D eigenvalue weighted by Crippen LogP contribution is 2.26. The SMILES string of the molecule is CCCCOc1c(F)cc(CCc2c(F)cc(CCc3ccc(CCC)cc3F)cc2F)cc1F. The molecule has 0 N–H and O–H groups in total. The summed E-state index contributed by atoms with van der Waals surface area (Å²) in [5.41, 5.74) is 1.99. The van der Waals surface area contributed by atoms with Crippen molar-refractivity contribution in [1.82, 2.24) is 0 Å². The maximum atomic E-state index is 14.7. The van der Waals surface area contributed by atoms with Crippen molar-refractivity contribution in [2.75, 3.05) is 6.61 Å². The molecule has 0 aromatic heterocycles. The van der Waals surface area contributed by atoms with Gasteiger partial charge in [0.2, 0.25) is 0 Å². The van der Waals surface area contributed by atoms with Gasteiger partial charge in [0.25, 0.3) is 0 Å². The van der Waals surface area contributed by atoms with Crippen LogP contribution in [0.15, 0.2) is 42.5 Å². The molecule has 0 aliphatic rings. The van der Waals surface area contributed by atoms with Crippen LogP contribution < -0.4 is 4.74 Å². The minimum Gasteiger partial charge on any atom is -0.488 e. The van der Waals surface area contributed by atoms with E-state index in [0.717, 1.165) is 37.0 Å². The quantitative estimate of drug-likeness (QED) is 0.184. The third kappa shape index (κ3) is 7.30. The molecule has 35 heavy (non-hydrogen) atoms. The van der Waals surface area contributed by atoms with Crippen LogP contribution in [-0.4, -0.2) is 6.61 Å². The lowest BCUT2D eigenvalue weighted by Crippen LogP contribution is -2.05. The van der Waals surface area contributed by atoms with Crippen LogP contribution >= 0.6 is 0 Å². The normalized spacial score (nSPS) is 11.2. The van der Waals surface area contributed by atoms with E-state index >= 15 is 0 Å². The summed E-state index contributed by atoms with van der Waals surface area (Å²) < 4.78 is 77.3. The zero-order valence-electron chi connectivity index (χ0n) is 20.2. The Kier molecular flexibility index (Phi) is 9.70. The van der Waals surface area contributed by atoms with Crippen LogP contribution in [0.1, 0.15) is 60.9 Å². The zero-order valence-corrected chi connectivity index (χ0v) is 20.2. The van der Waals surface area contributed by atoms with Gasteiger partial charge in [0.15, 0.2) is 17.4 Å². The van der Waals surface area contributed by atoms with Crippen molar-refractivity contribution in [3.8, 4) is 5.75 Å². The molecule has 0 bridgehead atoms. The number of halogens is 5. The van der Waals surface area contributed by atoms with Gasteiger partial charge in [0, 0.05) is 5.56 Å². The third-order valence-electron chi connectivity index (χ3n) is 6.01. The number of hydrogen-bond acceptors (Lipinski definition) is 1. The number of rotatable bonds is 12. The van der Waals surface area contributed by atoms with E-state index in [1.807, 2.05) is 19.9 Å². The van der Waals surface area contributed by atoms with Gasteiger partial charge in [-0.15, -0.1) is 0 Å². The first-order valence-electron chi connectivity index (χ1n) is 12.2. The lowest BCUT2D eigenvalue weighted by atomic mass is 9.98. The Morgan fingerprint density at radius 3 is 1.71 bits per heavy atom. The number of unbranched alkanes of at least 4 members (excludes halogenated alkanes) is 1. The molecule has 188 valence electrons. The van der Waals surface area contributed by atoms with Crippen LogP contribution in [-0.2, 0) is 32.1 Å². The van der Waals surface area contributed by atoms with Crippen LogP contribution in [0.4, 0.5) is 22.0 Å². The van der Waals surface area contributed by atoms with E-state index in [1.165, 1.54) is 18.2 Å². The topological polar surface area (TPSA) is 9.23 Å². The summed E-state index contributed by atoms with van der Waals surface area (Å²) >= 11 is 0. The summed E-state index contributed by atoms with van der Waals surface area (Å²) in [4.78, 5) is 0. The summed E-state index contributed by atoms with van der Waals surface area (Å²) in [5.74, 6) is -3.85. The fourth-order valence-electron chi connectivity index (χ4n) is 4.04. The molecule has 0 amide bonds. The lowest BCUT2D eigenvalue weighted by molar-refractivity contribution is 0.278. The molecule has 0 fully saturated rings. The molecule has 3 aromatic rings. The highest BCUT2D eigenvalue weighted by atomic mass is 19.1. The largest absolute Gasteiger partial charge is 0.488 e. The number of hydrogen-bond donors (Lipinski definition) is 0. The van der Waals surface area contributed by atoms with Crippen LogP contribution in [0, 0.1) is 29.1 Å². The van der Waals surface area contributed by atoms with Crippen molar-refractivity contribution in [3.63, 3.8) is 0 Å². The Balaban J connectivity index is 1.64. The molecule has 0 heterocycles. The first kappa shape index (κ1) is 26.7. The minimum absolute atomic E-state index is 0.0552. The van der Waals surface area contributed by atoms with Gasteiger partial charge >= 0.3 is 0 Å². The highest BCUT2D eigenvalue weighted by molar-refractivity contribution is 5.33. The first-order valence-corrected chi connectivity index (χ1v) is 12.2. The molecule has 0 unspecified atom stereocenters. The van der Waals surface area contributed by atoms with Crippen molar-refractivity contribution >= 4 is 0 Å². The summed E-state index contributed by atoms with van der Waals surface area (Å²) in [6.45, 7) is 4.17. The van der Waals surface area contributed by atoms with E-state index in [-0.39, 0.29) is 42.8 Å². The summed E-state index contributed by atoms with van der Waals surface area (Å²) in [6, 6.07) is 9.87. The molecule has 3 aromatic carbocycles. The van der Waals surface area contributed by atoms with Crippen molar-refractivity contribution in [1.29, 1.82) is 0 Å². The third-order valence-corrected chi connectivity index (χ3v) is 6.01. The first-order chi connectivity index (χ1) is 16.8. The molecule has 0 aliphatic carbocycles. The second kappa shape index (κ2) is 12.7. The summed E-state index contributed by atoms with van der Waals surface area (Å²) in [7, 11) is 0. The predicted octanol–water partition coefficient (Wildman–Crippen LogP) is 8.08. The average Bonchev–Trinajstić information content (AvgIpc) is 2.80. The fourth-order valence-corrected chi connectivity index (χ4v) is 4.04. The highest BCUT2D eigenvalue weighted by Gasteiger charge is 2.16. The van der Waals surface area contributed by atoms with Crippen molar-refractivity contribution < 1.29 is 26.7 Å². The molecule has 0 spiro atoms. The molecular weight excluding hydrogens is 459 g/mol. The van der Waals surface area contributed by atoms with Gasteiger partial charge in [-0.25, -0.2) is 22.0 Å². The Bertz CT molecular complexity index is 1100. The minimum atomic E-state index is -0.831. The van der Waals surface area contributed by atoms with E-state index in [4.69, 9.17) is 4.74 Å². The van der Waals surface area contributed by atoms with E-state index in [2.05, 4.69) is 0 Å². The Labute approximate surface area is 204 Å². The molecule has 0 radical (unpaired) electrons. The van der Waals surface area contributed by atoms with Gasteiger partial charge in [0.05, 0.1) is 6.61 Å². The van der Waals surface area contributed by atoms with Gasteiger partial charge in [-0.1, -0.05) is 38.8 Å². The van der Waals surface area contributed by atoms with Crippen LogP contribution in [0.5, 0.6) is 5.75 Å². The maximum Gasteiger partial charge on any atom is 0.190 e. The van der Waals surface area contributed by atoms with Crippen molar-refractivity contribution in [3.05, 3.63) is 99.4 Å². The Hall–Kier alpha value is -2.89. The average molecular weight is 491 g/mol. The van der Waals surface area contributed by atoms with Gasteiger partial charge in [-0.3, -0.25) is 0 Å². The second-order valence-corrected chi connectivity index (χ2v) is 8.80. The van der Waals surface area contributed by atoms with E-state index in [0.29, 0.717) is 24.0 Å². The van der Waals surface area contributed by atoms with Gasteiger partial charge in [-0.05, 0) is 91.1 Å². The van der Waals surface area contributed by atoms with Crippen LogP contribution in [0.2, 0.25) is 0 Å². The second-order valence-electron chi connectivity index (χ2n) is 8.80. The van der Waals surface area contributed by atoms with E-state index < -0.39 is 29.0 Å². The van der Waals surface area contributed by atoms with E-state index in [9.17, 15) is 22.0 Å². The van der Waals surface area contributed by atoms with Gasteiger partial charge in [-0.2, -0.15) is 0 Å². The molecule has 0 aliphatic heterocycles. The van der Waals surface area contributed by atoms with Crippen LogP contribution in [0.25, 0.3) is 0 Å². The molecule has 6 heteroatoms. The van der Waals surface area contributed by atoms with Crippen LogP contribution in [0.3, 0.4) is 0 Å². The Morgan fingerprint density at radius 2 is 1.14 bits per heavy atom. The molecule has 0 atom stereocenters. The standard InChI is InChI=1S/C29H31F5O/c1-3-5-13-35-29-27(33)17-21(18-28(29)34)9-12-23-25(31)15-20(16-26(23)32)8-11-22-10-7-19(6-4-2)14-24(22)30/h7,10,14-18H,3-6,8-9,11-13H2,1-2H3.